The molecule has 0 saturated heterocycles. The monoisotopic (exact) mass is 502 g/mol. The van der Waals surface area contributed by atoms with Gasteiger partial charge in [-0.15, -0.1) is 0 Å². The van der Waals surface area contributed by atoms with Crippen LogP contribution in [0.5, 0.6) is 0 Å². The topological polar surface area (TPSA) is 113 Å². The van der Waals surface area contributed by atoms with Crippen LogP contribution in [0.4, 0.5) is 4.79 Å². The summed E-state index contributed by atoms with van der Waals surface area (Å²) in [5, 5.41) is 12.5. The lowest BCUT2D eigenvalue weighted by Crippen LogP contribution is -2.50. The summed E-state index contributed by atoms with van der Waals surface area (Å²) >= 11 is 0. The molecular weight excluding hydrogens is 472 g/mol. The van der Waals surface area contributed by atoms with Crippen LogP contribution < -0.4 is 5.32 Å². The Labute approximate surface area is 215 Å². The van der Waals surface area contributed by atoms with Gasteiger partial charge in [0.1, 0.15) is 12.6 Å². The first-order valence-corrected chi connectivity index (χ1v) is 12.0. The maximum absolute atomic E-state index is 13.2. The molecule has 0 aliphatic carbocycles. The highest BCUT2D eigenvalue weighted by Crippen LogP contribution is 2.15. The Balaban J connectivity index is 1.62. The van der Waals surface area contributed by atoms with Gasteiger partial charge < -0.3 is 15.2 Å². The summed E-state index contributed by atoms with van der Waals surface area (Å²) in [5.74, 6) is -2.46. The number of carboxylic acid groups (broad SMARTS) is 1. The maximum Gasteiger partial charge on any atom is 0.407 e. The molecule has 0 heterocycles. The number of carbonyl (C=O) groups is 4. The third kappa shape index (κ3) is 8.92. The number of hydrogen-bond acceptors (Lipinski definition) is 5. The van der Waals surface area contributed by atoms with E-state index < -0.39 is 29.9 Å². The molecule has 0 saturated carbocycles. The quantitative estimate of drug-likeness (QED) is 0.362. The predicted octanol–water partition coefficient (Wildman–Crippen LogP) is 3.99. The number of benzene rings is 3. The van der Waals surface area contributed by atoms with Crippen LogP contribution in [0.15, 0.2) is 91.0 Å². The number of carbonyl (C=O) groups excluding carboxylic acids is 3. The number of ether oxygens (including phenoxy) is 1. The number of alkyl carbamates (subject to hydrolysis) is 1. The van der Waals surface area contributed by atoms with Crippen LogP contribution >= 0.6 is 0 Å². The molecule has 8 heteroatoms. The zero-order valence-electron chi connectivity index (χ0n) is 20.4. The van der Waals surface area contributed by atoms with Crippen LogP contribution in [0.25, 0.3) is 0 Å². The van der Waals surface area contributed by atoms with Crippen molar-refractivity contribution in [3.63, 3.8) is 0 Å². The lowest BCUT2D eigenvalue weighted by molar-refractivity contribution is -0.158. The third-order valence-corrected chi connectivity index (χ3v) is 5.67. The second kappa shape index (κ2) is 14.2. The molecule has 192 valence electrons. The number of aliphatic carboxylic acids is 1. The average molecular weight is 503 g/mol. The van der Waals surface area contributed by atoms with Gasteiger partial charge >= 0.3 is 12.1 Å². The molecule has 37 heavy (non-hydrogen) atoms. The molecule has 3 amide bonds. The van der Waals surface area contributed by atoms with Gasteiger partial charge in [0.05, 0.1) is 12.8 Å². The molecule has 3 aromatic rings. The molecule has 1 unspecified atom stereocenters. The van der Waals surface area contributed by atoms with Crippen molar-refractivity contribution in [2.45, 2.75) is 38.3 Å². The van der Waals surface area contributed by atoms with Gasteiger partial charge in [-0.25, -0.2) is 9.59 Å². The van der Waals surface area contributed by atoms with Gasteiger partial charge in [0.25, 0.3) is 0 Å². The fraction of sp³-hybridized carbons (Fsp3) is 0.241. The summed E-state index contributed by atoms with van der Waals surface area (Å²) in [5.41, 5.74) is 2.20. The summed E-state index contributed by atoms with van der Waals surface area (Å²) in [6, 6.07) is 25.5. The lowest BCUT2D eigenvalue weighted by atomic mass is 10.0. The van der Waals surface area contributed by atoms with Crippen LogP contribution in [-0.2, 0) is 38.6 Å². The van der Waals surface area contributed by atoms with Gasteiger partial charge in [-0.3, -0.25) is 14.5 Å². The minimum absolute atomic E-state index is 0.0185. The summed E-state index contributed by atoms with van der Waals surface area (Å²) in [7, 11) is 0. The Morgan fingerprint density at radius 3 is 1.65 bits per heavy atom. The van der Waals surface area contributed by atoms with E-state index in [-0.39, 0.29) is 38.8 Å². The summed E-state index contributed by atoms with van der Waals surface area (Å²) < 4.78 is 5.15. The second-order valence-electron chi connectivity index (χ2n) is 8.47. The van der Waals surface area contributed by atoms with E-state index in [2.05, 4.69) is 5.32 Å². The van der Waals surface area contributed by atoms with E-state index in [1.807, 2.05) is 42.5 Å². The van der Waals surface area contributed by atoms with Gasteiger partial charge in [-0.1, -0.05) is 91.0 Å². The molecule has 0 spiro atoms. The van der Waals surface area contributed by atoms with E-state index in [1.165, 1.54) is 0 Å². The van der Waals surface area contributed by atoms with Crippen molar-refractivity contribution in [2.75, 3.05) is 6.54 Å². The van der Waals surface area contributed by atoms with Crippen molar-refractivity contribution in [1.82, 2.24) is 10.2 Å². The Bertz CT molecular complexity index is 1120. The fourth-order valence-electron chi connectivity index (χ4n) is 3.82. The number of nitrogens with one attached hydrogen (secondary N) is 1. The standard InChI is InChI=1S/C29H30N2O6/c32-26(19-22-11-4-1-5-12-22)31(27(33)20-23-13-6-2-7-14-23)25(28(34)35)17-10-18-30-29(36)37-21-24-15-8-3-9-16-24/h1-9,11-16,25H,10,17-21H2,(H,30,36)(H,34,35). The number of nitrogens with zero attached hydrogens (tertiary/aromatic N) is 1. The fourth-order valence-corrected chi connectivity index (χ4v) is 3.82. The van der Waals surface area contributed by atoms with E-state index in [0.717, 1.165) is 10.5 Å². The number of imide groups is 1. The smallest absolute Gasteiger partial charge is 0.407 e. The van der Waals surface area contributed by atoms with Crippen molar-refractivity contribution in [3.8, 4) is 0 Å². The first-order chi connectivity index (χ1) is 17.9. The zero-order chi connectivity index (χ0) is 26.5. The van der Waals surface area contributed by atoms with Gasteiger partial charge in [-0.2, -0.15) is 0 Å². The van der Waals surface area contributed by atoms with E-state index in [0.29, 0.717) is 11.1 Å². The van der Waals surface area contributed by atoms with E-state index >= 15 is 0 Å². The highest BCUT2D eigenvalue weighted by Gasteiger charge is 2.34. The molecule has 2 N–H and O–H groups in total. The van der Waals surface area contributed by atoms with Crippen LogP contribution in [-0.4, -0.2) is 46.5 Å². The Kier molecular flexibility index (Phi) is 10.4. The third-order valence-electron chi connectivity index (χ3n) is 5.67. The molecule has 0 aliphatic rings. The van der Waals surface area contributed by atoms with Crippen molar-refractivity contribution in [3.05, 3.63) is 108 Å². The first kappa shape index (κ1) is 27.1. The summed E-state index contributed by atoms with van der Waals surface area (Å²) in [6.45, 7) is 0.241. The van der Waals surface area contributed by atoms with Gasteiger partial charge in [0, 0.05) is 6.54 Å². The van der Waals surface area contributed by atoms with Crippen molar-refractivity contribution in [2.24, 2.45) is 0 Å². The summed E-state index contributed by atoms with van der Waals surface area (Å²) in [4.78, 5) is 51.4. The van der Waals surface area contributed by atoms with Crippen molar-refractivity contribution >= 4 is 23.9 Å². The first-order valence-electron chi connectivity index (χ1n) is 12.0. The Hall–Kier alpha value is -4.46. The molecule has 0 aliphatic heterocycles. The van der Waals surface area contributed by atoms with Crippen LogP contribution in [0.3, 0.4) is 0 Å². The molecular formula is C29H30N2O6. The number of carboxylic acids is 1. The van der Waals surface area contributed by atoms with E-state index in [1.54, 1.807) is 48.5 Å². The average Bonchev–Trinajstić information content (AvgIpc) is 2.90. The van der Waals surface area contributed by atoms with E-state index in [4.69, 9.17) is 4.74 Å². The zero-order valence-corrected chi connectivity index (χ0v) is 20.4. The minimum Gasteiger partial charge on any atom is -0.480 e. The highest BCUT2D eigenvalue weighted by molar-refractivity contribution is 6.00. The highest BCUT2D eigenvalue weighted by atomic mass is 16.5. The molecule has 3 rings (SSSR count). The molecule has 8 nitrogen and oxygen atoms in total. The molecule has 0 bridgehead atoms. The normalized spacial score (nSPS) is 11.2. The molecule has 1 atom stereocenters. The van der Waals surface area contributed by atoms with Crippen molar-refractivity contribution < 1.29 is 29.0 Å². The predicted molar refractivity (Wildman–Crippen MR) is 137 cm³/mol. The number of amides is 3. The molecule has 0 radical (unpaired) electrons. The lowest BCUT2D eigenvalue weighted by Gasteiger charge is -2.28. The van der Waals surface area contributed by atoms with Gasteiger partial charge in [-0.05, 0) is 29.5 Å². The van der Waals surface area contributed by atoms with Crippen LogP contribution in [0, 0.1) is 0 Å². The van der Waals surface area contributed by atoms with Crippen LogP contribution in [0.2, 0.25) is 0 Å². The maximum atomic E-state index is 13.2. The summed E-state index contributed by atoms with van der Waals surface area (Å²) in [6.07, 6.45) is -0.627. The van der Waals surface area contributed by atoms with Gasteiger partial charge in [0.15, 0.2) is 0 Å². The Morgan fingerprint density at radius 2 is 1.19 bits per heavy atom. The second-order valence-corrected chi connectivity index (χ2v) is 8.47. The number of rotatable bonds is 12. The van der Waals surface area contributed by atoms with Crippen molar-refractivity contribution in [1.29, 1.82) is 0 Å². The molecule has 3 aromatic carbocycles. The molecule has 0 aromatic heterocycles. The Morgan fingerprint density at radius 1 is 0.730 bits per heavy atom. The van der Waals surface area contributed by atoms with Crippen LogP contribution in [0.1, 0.15) is 29.5 Å². The minimum atomic E-state index is -1.37. The van der Waals surface area contributed by atoms with Gasteiger partial charge in [0.2, 0.25) is 11.8 Å². The number of hydrogen-bond donors (Lipinski definition) is 2. The molecule has 0 fully saturated rings. The SMILES string of the molecule is O=C(NCCCC(C(=O)O)N(C(=O)Cc1ccccc1)C(=O)Cc1ccccc1)OCc1ccccc1. The largest absolute Gasteiger partial charge is 0.480 e. The van der Waals surface area contributed by atoms with E-state index in [9.17, 15) is 24.3 Å².